The van der Waals surface area contributed by atoms with Crippen LogP contribution in [0.2, 0.25) is 5.02 Å². The van der Waals surface area contributed by atoms with Gasteiger partial charge in [0, 0.05) is 24.5 Å². The molecule has 0 aliphatic heterocycles. The van der Waals surface area contributed by atoms with Crippen LogP contribution in [0.5, 0.6) is 5.75 Å². The molecule has 3 rings (SSSR count). The number of carbonyl (C=O) groups is 2. The van der Waals surface area contributed by atoms with Gasteiger partial charge in [0.05, 0.1) is 0 Å². The van der Waals surface area contributed by atoms with Crippen molar-refractivity contribution in [3.8, 4) is 5.75 Å². The van der Waals surface area contributed by atoms with Gasteiger partial charge in [-0.05, 0) is 47.7 Å². The zero-order valence-corrected chi connectivity index (χ0v) is 21.3. The molecule has 0 saturated carbocycles. The second-order valence-corrected chi connectivity index (χ2v) is 9.17. The third-order valence-electron chi connectivity index (χ3n) is 5.78. The van der Waals surface area contributed by atoms with E-state index in [0.717, 1.165) is 16.7 Å². The molecule has 0 bridgehead atoms. The summed E-state index contributed by atoms with van der Waals surface area (Å²) in [6.07, 6.45) is 0.397. The lowest BCUT2D eigenvalue weighted by Crippen LogP contribution is -2.51. The maximum Gasteiger partial charge on any atom is 0.261 e. The van der Waals surface area contributed by atoms with Crippen molar-refractivity contribution in [3.63, 3.8) is 0 Å². The number of nitrogens with one attached hydrogen (secondary N) is 1. The Morgan fingerprint density at radius 3 is 2.23 bits per heavy atom. The summed E-state index contributed by atoms with van der Waals surface area (Å²) in [5, 5.41) is 3.51. The normalized spacial score (nSPS) is 11.7. The quantitative estimate of drug-likeness (QED) is 0.378. The van der Waals surface area contributed by atoms with Gasteiger partial charge in [0.1, 0.15) is 11.8 Å². The van der Waals surface area contributed by atoms with Crippen LogP contribution in [0, 0.1) is 0 Å². The molecule has 0 aromatic heterocycles. The van der Waals surface area contributed by atoms with Crippen LogP contribution in [-0.2, 0) is 22.6 Å². The molecule has 0 spiro atoms. The number of benzene rings is 3. The highest BCUT2D eigenvalue weighted by molar-refractivity contribution is 6.30. The minimum absolute atomic E-state index is 0.165. The fraction of sp³-hybridized carbons (Fsp3) is 0.310. The fourth-order valence-corrected chi connectivity index (χ4v) is 4.07. The van der Waals surface area contributed by atoms with Crippen LogP contribution in [0.4, 0.5) is 0 Å². The van der Waals surface area contributed by atoms with Gasteiger partial charge in [-0.1, -0.05) is 86.1 Å². The summed E-state index contributed by atoms with van der Waals surface area (Å²) in [5.74, 6) is 0.486. The molecule has 1 N–H and O–H groups in total. The molecule has 0 heterocycles. The first-order valence-corrected chi connectivity index (χ1v) is 12.3. The number of halogens is 1. The lowest BCUT2D eigenvalue weighted by atomic mass is 10.0. The van der Waals surface area contributed by atoms with Crippen LogP contribution in [0.25, 0.3) is 0 Å². The molecular weight excluding hydrogens is 460 g/mol. The molecule has 3 aromatic carbocycles. The van der Waals surface area contributed by atoms with Crippen molar-refractivity contribution in [1.29, 1.82) is 0 Å². The van der Waals surface area contributed by atoms with Crippen molar-refractivity contribution >= 4 is 23.4 Å². The summed E-state index contributed by atoms with van der Waals surface area (Å²) < 4.78 is 5.99. The summed E-state index contributed by atoms with van der Waals surface area (Å²) in [5.41, 5.74) is 2.89. The van der Waals surface area contributed by atoms with Crippen molar-refractivity contribution in [2.24, 2.45) is 0 Å². The van der Waals surface area contributed by atoms with Gasteiger partial charge in [-0.2, -0.15) is 0 Å². The van der Waals surface area contributed by atoms with Crippen LogP contribution < -0.4 is 10.1 Å². The molecule has 6 heteroatoms. The van der Waals surface area contributed by atoms with Gasteiger partial charge in [-0.3, -0.25) is 9.59 Å². The Hall–Kier alpha value is -3.31. The average molecular weight is 493 g/mol. The second-order valence-electron chi connectivity index (χ2n) is 8.73. The highest BCUT2D eigenvalue weighted by Gasteiger charge is 2.30. The number of hydrogen-bond donors (Lipinski definition) is 1. The number of nitrogens with zero attached hydrogens (tertiary/aromatic N) is 1. The van der Waals surface area contributed by atoms with E-state index >= 15 is 0 Å². The largest absolute Gasteiger partial charge is 0.483 e. The summed E-state index contributed by atoms with van der Waals surface area (Å²) in [4.78, 5) is 28.4. The van der Waals surface area contributed by atoms with Crippen LogP contribution in [-0.4, -0.2) is 35.9 Å². The molecule has 35 heavy (non-hydrogen) atoms. The summed E-state index contributed by atoms with van der Waals surface area (Å²) in [6.45, 7) is 6.62. The van der Waals surface area contributed by atoms with Crippen LogP contribution >= 0.6 is 11.6 Å². The number of rotatable bonds is 11. The van der Waals surface area contributed by atoms with Gasteiger partial charge in [0.2, 0.25) is 5.91 Å². The monoisotopic (exact) mass is 492 g/mol. The lowest BCUT2D eigenvalue weighted by Gasteiger charge is -2.31. The van der Waals surface area contributed by atoms with E-state index in [1.165, 1.54) is 0 Å². The van der Waals surface area contributed by atoms with Gasteiger partial charge in [0.25, 0.3) is 5.91 Å². The van der Waals surface area contributed by atoms with Crippen molar-refractivity contribution < 1.29 is 14.3 Å². The van der Waals surface area contributed by atoms with E-state index in [0.29, 0.717) is 23.7 Å². The number of amides is 2. The maximum atomic E-state index is 13.6. The summed E-state index contributed by atoms with van der Waals surface area (Å²) in [7, 11) is 0. The molecule has 0 saturated heterocycles. The van der Waals surface area contributed by atoms with Crippen molar-refractivity contribution in [3.05, 3.63) is 101 Å². The predicted octanol–water partition coefficient (Wildman–Crippen LogP) is 5.62. The number of likely N-dealkylation sites (N-methyl/N-ethyl adjacent to an activating group) is 1. The molecule has 0 unspecified atom stereocenters. The van der Waals surface area contributed by atoms with E-state index in [2.05, 4.69) is 19.2 Å². The summed E-state index contributed by atoms with van der Waals surface area (Å²) in [6, 6.07) is 24.1. The van der Waals surface area contributed by atoms with E-state index in [4.69, 9.17) is 16.3 Å². The highest BCUT2D eigenvalue weighted by Crippen LogP contribution is 2.26. The fourth-order valence-electron chi connectivity index (χ4n) is 3.94. The smallest absolute Gasteiger partial charge is 0.261 e. The van der Waals surface area contributed by atoms with Gasteiger partial charge in [-0.25, -0.2) is 0 Å². The summed E-state index contributed by atoms with van der Waals surface area (Å²) >= 11 is 6.07. The first-order chi connectivity index (χ1) is 16.9. The van der Waals surface area contributed by atoms with E-state index < -0.39 is 6.04 Å². The Bertz CT molecular complexity index is 1100. The van der Waals surface area contributed by atoms with E-state index in [9.17, 15) is 9.59 Å². The minimum Gasteiger partial charge on any atom is -0.483 e. The topological polar surface area (TPSA) is 58.6 Å². The molecule has 2 amide bonds. The standard InChI is InChI=1S/C29H33ClN2O3/c1-4-31-29(34)26(18-22-10-6-5-7-11-22)32(19-23-14-16-24(30)17-15-23)28(33)20-35-27-13-9-8-12-25(27)21(2)3/h5-17,21,26H,4,18-20H2,1-3H3,(H,31,34)/t26-/m1/s1. The molecule has 3 aromatic rings. The first-order valence-electron chi connectivity index (χ1n) is 12.0. The Balaban J connectivity index is 1.90. The third kappa shape index (κ3) is 7.59. The van der Waals surface area contributed by atoms with Crippen molar-refractivity contribution in [2.45, 2.75) is 45.7 Å². The van der Waals surface area contributed by atoms with Crippen LogP contribution in [0.15, 0.2) is 78.9 Å². The van der Waals surface area contributed by atoms with Gasteiger partial charge < -0.3 is 15.0 Å². The van der Waals surface area contributed by atoms with E-state index in [1.807, 2.05) is 73.7 Å². The molecule has 0 aliphatic carbocycles. The Kier molecular flexibility index (Phi) is 9.74. The first kappa shape index (κ1) is 26.3. The Morgan fingerprint density at radius 2 is 1.57 bits per heavy atom. The number of carbonyl (C=O) groups excluding carboxylic acids is 2. The molecular formula is C29H33ClN2O3. The minimum atomic E-state index is -0.690. The Labute approximate surface area is 213 Å². The van der Waals surface area contributed by atoms with Crippen molar-refractivity contribution in [1.82, 2.24) is 10.2 Å². The van der Waals surface area contributed by atoms with Crippen LogP contribution in [0.1, 0.15) is 43.4 Å². The Morgan fingerprint density at radius 1 is 0.914 bits per heavy atom. The van der Waals surface area contributed by atoms with Crippen molar-refractivity contribution in [2.75, 3.05) is 13.2 Å². The SMILES string of the molecule is CCNC(=O)[C@@H](Cc1ccccc1)N(Cc1ccc(Cl)cc1)C(=O)COc1ccccc1C(C)C. The zero-order chi connectivity index (χ0) is 25.2. The maximum absolute atomic E-state index is 13.6. The second kappa shape index (κ2) is 13.0. The van der Waals surface area contributed by atoms with E-state index in [-0.39, 0.29) is 30.9 Å². The van der Waals surface area contributed by atoms with Gasteiger partial charge in [-0.15, -0.1) is 0 Å². The number of para-hydroxylation sites is 1. The molecule has 1 atom stereocenters. The molecule has 184 valence electrons. The molecule has 0 aliphatic rings. The molecule has 0 fully saturated rings. The molecule has 5 nitrogen and oxygen atoms in total. The molecule has 0 radical (unpaired) electrons. The third-order valence-corrected chi connectivity index (χ3v) is 6.03. The van der Waals surface area contributed by atoms with Gasteiger partial charge in [0.15, 0.2) is 6.61 Å². The number of hydrogen-bond acceptors (Lipinski definition) is 3. The number of ether oxygens (including phenoxy) is 1. The highest BCUT2D eigenvalue weighted by atomic mass is 35.5. The van der Waals surface area contributed by atoms with Crippen LogP contribution in [0.3, 0.4) is 0 Å². The van der Waals surface area contributed by atoms with Gasteiger partial charge >= 0.3 is 0 Å². The zero-order valence-electron chi connectivity index (χ0n) is 20.5. The average Bonchev–Trinajstić information content (AvgIpc) is 2.86. The predicted molar refractivity (Wildman–Crippen MR) is 141 cm³/mol. The van der Waals surface area contributed by atoms with E-state index in [1.54, 1.807) is 17.0 Å². The lowest BCUT2D eigenvalue weighted by molar-refractivity contribution is -0.142.